The number of H-pyrrole nitrogens is 1. The Kier molecular flexibility index (Phi) is 6.51. The molecule has 0 fully saturated rings. The van der Waals surface area contributed by atoms with Crippen LogP contribution in [0.3, 0.4) is 0 Å². The number of rotatable bonds is 8. The van der Waals surface area contributed by atoms with Gasteiger partial charge in [0.05, 0.1) is 19.8 Å². The molecular formula is C19H23N3O3. The molecule has 0 radical (unpaired) electrons. The molecule has 1 heterocycles. The van der Waals surface area contributed by atoms with E-state index in [4.69, 9.17) is 5.73 Å². The summed E-state index contributed by atoms with van der Waals surface area (Å²) in [6, 6.07) is 5.69. The summed E-state index contributed by atoms with van der Waals surface area (Å²) < 4.78 is 0. The van der Waals surface area contributed by atoms with Crippen LogP contribution in [-0.2, 0) is 32.7 Å². The van der Waals surface area contributed by atoms with Crippen molar-refractivity contribution < 1.29 is 15.3 Å². The van der Waals surface area contributed by atoms with E-state index in [0.29, 0.717) is 41.8 Å². The average molecular weight is 341 g/mol. The molecule has 0 aliphatic rings. The fraction of sp³-hybridized carbons (Fsp3) is 0.316. The number of nitrogens with zero attached hydrogens (tertiary/aromatic N) is 1. The van der Waals surface area contributed by atoms with Crippen molar-refractivity contribution in [3.05, 3.63) is 58.4 Å². The van der Waals surface area contributed by atoms with E-state index in [-0.39, 0.29) is 19.8 Å². The number of benzene rings is 1. The van der Waals surface area contributed by atoms with E-state index in [1.807, 2.05) is 0 Å². The van der Waals surface area contributed by atoms with Gasteiger partial charge >= 0.3 is 0 Å². The quantitative estimate of drug-likeness (QED) is 0.462. The molecule has 0 bridgehead atoms. The van der Waals surface area contributed by atoms with Gasteiger partial charge in [-0.3, -0.25) is 0 Å². The van der Waals surface area contributed by atoms with Crippen LogP contribution in [0.4, 0.5) is 0 Å². The van der Waals surface area contributed by atoms with Crippen molar-refractivity contribution in [2.24, 2.45) is 5.73 Å². The van der Waals surface area contributed by atoms with Gasteiger partial charge in [-0.15, -0.1) is 6.58 Å². The van der Waals surface area contributed by atoms with Crippen LogP contribution in [0, 0.1) is 11.3 Å². The summed E-state index contributed by atoms with van der Waals surface area (Å²) in [6.07, 6.45) is 2.75. The first kappa shape index (κ1) is 18.9. The highest BCUT2D eigenvalue weighted by Crippen LogP contribution is 2.36. The summed E-state index contributed by atoms with van der Waals surface area (Å²) >= 11 is 0. The van der Waals surface area contributed by atoms with E-state index in [0.717, 1.165) is 22.4 Å². The molecule has 0 spiro atoms. The van der Waals surface area contributed by atoms with Crippen LogP contribution in [0.25, 0.3) is 11.1 Å². The maximum atomic E-state index is 9.90. The second kappa shape index (κ2) is 8.60. The van der Waals surface area contributed by atoms with Crippen LogP contribution in [0.15, 0.2) is 24.8 Å². The Morgan fingerprint density at radius 1 is 1.12 bits per heavy atom. The van der Waals surface area contributed by atoms with Crippen LogP contribution >= 0.6 is 0 Å². The maximum absolute atomic E-state index is 9.90. The third-order valence-electron chi connectivity index (χ3n) is 4.32. The Hall–Kier alpha value is -2.43. The normalized spacial score (nSPS) is 10.7. The Bertz CT molecular complexity index is 803. The molecule has 0 saturated carbocycles. The van der Waals surface area contributed by atoms with Gasteiger partial charge in [0.25, 0.3) is 0 Å². The van der Waals surface area contributed by atoms with E-state index >= 15 is 0 Å². The van der Waals surface area contributed by atoms with Crippen molar-refractivity contribution in [3.63, 3.8) is 0 Å². The number of nitrogens with one attached hydrogen (secondary N) is 1. The molecule has 0 amide bonds. The van der Waals surface area contributed by atoms with Crippen molar-refractivity contribution >= 4 is 0 Å². The molecule has 0 aliphatic heterocycles. The summed E-state index contributed by atoms with van der Waals surface area (Å²) in [4.78, 5) is 3.12. The van der Waals surface area contributed by atoms with Crippen molar-refractivity contribution in [1.82, 2.24) is 4.98 Å². The SMILES string of the molecule is C=CCc1c(C#N)[nH]c(CCN)c1-c1ccc(CO)c(CO)c1CO. The standard InChI is InChI=1S/C19H23N3O3/c1-2-3-14-18(8-21)22-17(6-7-20)19(14)13-5-4-12(9-23)15(10-24)16(13)11-25/h2,4-5,22-25H,1,3,6-7,9-11,20H2. The molecule has 25 heavy (non-hydrogen) atoms. The van der Waals surface area contributed by atoms with Crippen molar-refractivity contribution in [3.8, 4) is 17.2 Å². The number of aromatic nitrogens is 1. The zero-order valence-corrected chi connectivity index (χ0v) is 14.0. The second-order valence-corrected chi connectivity index (χ2v) is 5.68. The predicted molar refractivity (Wildman–Crippen MR) is 95.4 cm³/mol. The molecule has 2 aromatic rings. The first-order valence-corrected chi connectivity index (χ1v) is 8.08. The summed E-state index contributed by atoms with van der Waals surface area (Å²) in [7, 11) is 0. The Morgan fingerprint density at radius 3 is 2.36 bits per heavy atom. The second-order valence-electron chi connectivity index (χ2n) is 5.68. The smallest absolute Gasteiger partial charge is 0.121 e. The minimum Gasteiger partial charge on any atom is -0.392 e. The lowest BCUT2D eigenvalue weighted by Gasteiger charge is -2.17. The number of hydrogen-bond donors (Lipinski definition) is 5. The number of nitrogens with two attached hydrogens (primary N) is 1. The van der Waals surface area contributed by atoms with E-state index in [1.165, 1.54) is 0 Å². The summed E-state index contributed by atoms with van der Waals surface area (Å²) in [5.41, 5.74) is 10.9. The molecule has 2 rings (SSSR count). The number of aliphatic hydroxyl groups excluding tert-OH is 3. The zero-order valence-electron chi connectivity index (χ0n) is 14.0. The molecule has 1 aromatic heterocycles. The molecule has 0 saturated heterocycles. The van der Waals surface area contributed by atoms with Gasteiger partial charge < -0.3 is 26.0 Å². The maximum Gasteiger partial charge on any atom is 0.121 e. The minimum absolute atomic E-state index is 0.227. The lowest BCUT2D eigenvalue weighted by atomic mass is 9.89. The first-order chi connectivity index (χ1) is 12.2. The first-order valence-electron chi connectivity index (χ1n) is 8.08. The fourth-order valence-corrected chi connectivity index (χ4v) is 3.20. The molecule has 6 nitrogen and oxygen atoms in total. The highest BCUT2D eigenvalue weighted by molar-refractivity contribution is 5.77. The van der Waals surface area contributed by atoms with Gasteiger partial charge in [-0.1, -0.05) is 18.2 Å². The van der Waals surface area contributed by atoms with E-state index in [9.17, 15) is 20.6 Å². The largest absolute Gasteiger partial charge is 0.392 e. The number of aromatic amines is 1. The van der Waals surface area contributed by atoms with Crippen LogP contribution in [0.2, 0.25) is 0 Å². The third kappa shape index (κ3) is 3.50. The van der Waals surface area contributed by atoms with Crippen LogP contribution in [0.1, 0.15) is 33.6 Å². The lowest BCUT2D eigenvalue weighted by molar-refractivity contribution is 0.248. The zero-order chi connectivity index (χ0) is 18.4. The van der Waals surface area contributed by atoms with Gasteiger partial charge in [0.15, 0.2) is 0 Å². The van der Waals surface area contributed by atoms with Gasteiger partial charge in [0.2, 0.25) is 0 Å². The van der Waals surface area contributed by atoms with Gasteiger partial charge in [-0.25, -0.2) is 0 Å². The van der Waals surface area contributed by atoms with Crippen LogP contribution in [0.5, 0.6) is 0 Å². The molecule has 6 heteroatoms. The lowest BCUT2D eigenvalue weighted by Crippen LogP contribution is -2.07. The Balaban J connectivity index is 2.82. The molecule has 6 N–H and O–H groups in total. The average Bonchev–Trinajstić information content (AvgIpc) is 2.98. The fourth-order valence-electron chi connectivity index (χ4n) is 3.20. The minimum atomic E-state index is -0.293. The number of aliphatic hydroxyl groups is 3. The Labute approximate surface area is 146 Å². The predicted octanol–water partition coefficient (Wildman–Crippen LogP) is 1.26. The van der Waals surface area contributed by atoms with Gasteiger partial charge in [0.1, 0.15) is 11.8 Å². The molecule has 1 aromatic carbocycles. The molecule has 132 valence electrons. The molecule has 0 unspecified atom stereocenters. The van der Waals surface area contributed by atoms with Crippen molar-refractivity contribution in [2.75, 3.05) is 6.54 Å². The highest BCUT2D eigenvalue weighted by atomic mass is 16.3. The summed E-state index contributed by atoms with van der Waals surface area (Å²) in [5, 5.41) is 38.5. The monoisotopic (exact) mass is 341 g/mol. The van der Waals surface area contributed by atoms with Crippen LogP contribution in [-0.4, -0.2) is 26.8 Å². The van der Waals surface area contributed by atoms with E-state index < -0.39 is 0 Å². The van der Waals surface area contributed by atoms with Gasteiger partial charge in [-0.2, -0.15) is 5.26 Å². The third-order valence-corrected chi connectivity index (χ3v) is 4.32. The Morgan fingerprint density at radius 2 is 1.84 bits per heavy atom. The molecule has 0 atom stereocenters. The van der Waals surface area contributed by atoms with Gasteiger partial charge in [0, 0.05) is 17.7 Å². The van der Waals surface area contributed by atoms with E-state index in [1.54, 1.807) is 18.2 Å². The van der Waals surface area contributed by atoms with E-state index in [2.05, 4.69) is 17.6 Å². The highest BCUT2D eigenvalue weighted by Gasteiger charge is 2.22. The summed E-state index contributed by atoms with van der Waals surface area (Å²) in [6.45, 7) is 3.35. The summed E-state index contributed by atoms with van der Waals surface area (Å²) in [5.74, 6) is 0. The number of allylic oxidation sites excluding steroid dienone is 1. The number of nitriles is 1. The topological polar surface area (TPSA) is 126 Å². The van der Waals surface area contributed by atoms with Gasteiger partial charge in [-0.05, 0) is 40.8 Å². The van der Waals surface area contributed by atoms with Crippen molar-refractivity contribution in [2.45, 2.75) is 32.7 Å². The van der Waals surface area contributed by atoms with Crippen LogP contribution < -0.4 is 5.73 Å². The molecular weight excluding hydrogens is 318 g/mol. The van der Waals surface area contributed by atoms with Crippen molar-refractivity contribution in [1.29, 1.82) is 5.26 Å². The number of hydrogen-bond acceptors (Lipinski definition) is 5. The molecule has 0 aliphatic carbocycles.